The zero-order valence-electron chi connectivity index (χ0n) is 18.2. The largest absolute Gasteiger partial charge is 0.421 e. The van der Waals surface area contributed by atoms with Gasteiger partial charge in [-0.15, -0.1) is 0 Å². The van der Waals surface area contributed by atoms with Crippen LogP contribution in [0.1, 0.15) is 30.4 Å². The minimum Gasteiger partial charge on any atom is -0.368 e. The van der Waals surface area contributed by atoms with E-state index >= 15 is 0 Å². The van der Waals surface area contributed by atoms with Gasteiger partial charge >= 0.3 is 12.4 Å². The van der Waals surface area contributed by atoms with Gasteiger partial charge in [-0.2, -0.15) is 31.4 Å². The molecule has 1 aliphatic carbocycles. The van der Waals surface area contributed by atoms with E-state index in [1.807, 2.05) is 5.10 Å². The third-order valence-corrected chi connectivity index (χ3v) is 6.12. The van der Waals surface area contributed by atoms with Crippen LogP contribution in [-0.2, 0) is 17.1 Å². The monoisotopic (exact) mass is 505 g/mol. The highest BCUT2D eigenvalue weighted by molar-refractivity contribution is 5.77. The van der Waals surface area contributed by atoms with Gasteiger partial charge in [-0.3, -0.25) is 9.59 Å². The number of H-pyrrole nitrogens is 1. The highest BCUT2D eigenvalue weighted by Gasteiger charge is 2.45. The van der Waals surface area contributed by atoms with E-state index in [0.717, 1.165) is 12.4 Å². The molecule has 0 atom stereocenters. The van der Waals surface area contributed by atoms with Crippen molar-refractivity contribution in [2.24, 2.45) is 5.41 Å². The lowest BCUT2D eigenvalue weighted by Crippen LogP contribution is -2.49. The first-order chi connectivity index (χ1) is 16.4. The Morgan fingerprint density at radius 2 is 1.66 bits per heavy atom. The van der Waals surface area contributed by atoms with Crippen LogP contribution in [-0.4, -0.2) is 63.7 Å². The predicted molar refractivity (Wildman–Crippen MR) is 110 cm³/mol. The van der Waals surface area contributed by atoms with Gasteiger partial charge in [0, 0.05) is 57.6 Å². The van der Waals surface area contributed by atoms with Crippen molar-refractivity contribution >= 4 is 17.7 Å². The van der Waals surface area contributed by atoms with Gasteiger partial charge in [0.05, 0.1) is 5.56 Å². The summed E-state index contributed by atoms with van der Waals surface area (Å²) in [6.07, 6.45) is -6.29. The quantitative estimate of drug-likeness (QED) is 0.581. The van der Waals surface area contributed by atoms with Gasteiger partial charge < -0.3 is 15.1 Å². The zero-order valence-corrected chi connectivity index (χ0v) is 18.2. The van der Waals surface area contributed by atoms with Gasteiger partial charge in [0.15, 0.2) is 0 Å². The van der Waals surface area contributed by atoms with Crippen LogP contribution in [0.5, 0.6) is 0 Å². The van der Waals surface area contributed by atoms with Gasteiger partial charge in [0.25, 0.3) is 5.56 Å². The number of anilines is 2. The number of carbonyl (C=O) groups excluding carboxylic acids is 1. The van der Waals surface area contributed by atoms with E-state index in [2.05, 4.69) is 20.4 Å². The fourth-order valence-electron chi connectivity index (χ4n) is 3.80. The van der Waals surface area contributed by atoms with Crippen molar-refractivity contribution in [3.8, 4) is 0 Å². The molecule has 190 valence electrons. The first kappa shape index (κ1) is 24.7. The summed E-state index contributed by atoms with van der Waals surface area (Å²) in [5, 5.41) is 8.19. The summed E-state index contributed by atoms with van der Waals surface area (Å²) in [7, 11) is 0. The number of nitrogens with one attached hydrogen (secondary N) is 2. The number of alkyl halides is 6. The van der Waals surface area contributed by atoms with E-state index in [0.29, 0.717) is 45.1 Å². The molecule has 2 aromatic rings. The third-order valence-electron chi connectivity index (χ3n) is 6.12. The summed E-state index contributed by atoms with van der Waals surface area (Å²) in [5.41, 5.74) is -4.04. The van der Waals surface area contributed by atoms with Gasteiger partial charge in [0.1, 0.15) is 11.4 Å². The zero-order chi connectivity index (χ0) is 25.4. The summed E-state index contributed by atoms with van der Waals surface area (Å²) in [6, 6.07) is 0.638. The molecule has 0 aromatic carbocycles. The molecule has 2 aromatic heterocycles. The number of hydrogen-bond acceptors (Lipinski definition) is 7. The Labute approximate surface area is 194 Å². The highest BCUT2D eigenvalue weighted by Crippen LogP contribution is 2.49. The Morgan fingerprint density at radius 1 is 1.03 bits per heavy atom. The number of carbonyl (C=O) groups is 1. The third kappa shape index (κ3) is 5.82. The molecule has 0 unspecified atom stereocenters. The minimum atomic E-state index is -4.81. The highest BCUT2D eigenvalue weighted by atomic mass is 19.4. The van der Waals surface area contributed by atoms with Crippen molar-refractivity contribution in [2.75, 3.05) is 42.9 Å². The average molecular weight is 505 g/mol. The predicted octanol–water partition coefficient (Wildman–Crippen LogP) is 2.53. The molecule has 1 aliphatic heterocycles. The normalized spacial score (nSPS) is 17.9. The lowest BCUT2D eigenvalue weighted by molar-refractivity contribution is -0.139. The topological polar surface area (TPSA) is 107 Å². The SMILES string of the molecule is O=C(CC1(CNc2cc(C(F)(F)F)c(=O)[nH]n2)CC1)N1CCN(c2ncc(C(F)(F)F)cn2)CC1. The molecular weight excluding hydrogens is 484 g/mol. The van der Waals surface area contributed by atoms with Crippen LogP contribution in [0.4, 0.5) is 38.1 Å². The van der Waals surface area contributed by atoms with Crippen LogP contribution in [0, 0.1) is 5.41 Å². The smallest absolute Gasteiger partial charge is 0.368 e. The molecule has 2 aliphatic rings. The Balaban J connectivity index is 1.29. The second kappa shape index (κ2) is 9.00. The fourth-order valence-corrected chi connectivity index (χ4v) is 3.80. The van der Waals surface area contributed by atoms with E-state index in [-0.39, 0.29) is 30.6 Å². The number of aromatic nitrogens is 4. The number of amides is 1. The van der Waals surface area contributed by atoms with Crippen LogP contribution in [0.25, 0.3) is 0 Å². The molecule has 1 amide bonds. The number of rotatable bonds is 6. The van der Waals surface area contributed by atoms with Gasteiger partial charge in [-0.05, 0) is 18.3 Å². The molecule has 2 N–H and O–H groups in total. The van der Waals surface area contributed by atoms with E-state index in [1.165, 1.54) is 0 Å². The molecule has 0 radical (unpaired) electrons. The molecule has 2 fully saturated rings. The van der Waals surface area contributed by atoms with Gasteiger partial charge in [0.2, 0.25) is 11.9 Å². The first-order valence-electron chi connectivity index (χ1n) is 10.7. The molecule has 1 saturated heterocycles. The molecule has 1 saturated carbocycles. The maximum atomic E-state index is 12.9. The molecular formula is C20H21F6N7O2. The van der Waals surface area contributed by atoms with Crippen molar-refractivity contribution < 1.29 is 31.1 Å². The first-order valence-corrected chi connectivity index (χ1v) is 10.7. The van der Waals surface area contributed by atoms with Crippen LogP contribution >= 0.6 is 0 Å². The maximum Gasteiger partial charge on any atom is 0.421 e. The summed E-state index contributed by atoms with van der Waals surface area (Å²) >= 11 is 0. The number of hydrogen-bond donors (Lipinski definition) is 2. The van der Waals surface area contributed by atoms with Crippen LogP contribution in [0.3, 0.4) is 0 Å². The molecule has 3 heterocycles. The van der Waals surface area contributed by atoms with Crippen molar-refractivity contribution in [3.63, 3.8) is 0 Å². The number of piperazine rings is 1. The average Bonchev–Trinajstić information content (AvgIpc) is 3.57. The Kier molecular flexibility index (Phi) is 6.36. The fraction of sp³-hybridized carbons (Fsp3) is 0.550. The second-order valence-corrected chi connectivity index (χ2v) is 8.66. The molecule has 9 nitrogen and oxygen atoms in total. The second-order valence-electron chi connectivity index (χ2n) is 8.66. The molecule has 0 bridgehead atoms. The Bertz CT molecular complexity index is 1120. The van der Waals surface area contributed by atoms with E-state index in [4.69, 9.17) is 0 Å². The summed E-state index contributed by atoms with van der Waals surface area (Å²) in [6.45, 7) is 1.59. The lowest BCUT2D eigenvalue weighted by atomic mass is 10.0. The van der Waals surface area contributed by atoms with E-state index < -0.39 is 34.5 Å². The summed E-state index contributed by atoms with van der Waals surface area (Å²) in [5.74, 6) is -0.108. The van der Waals surface area contributed by atoms with Crippen LogP contribution in [0.15, 0.2) is 23.3 Å². The van der Waals surface area contributed by atoms with Gasteiger partial charge in [-0.1, -0.05) is 0 Å². The maximum absolute atomic E-state index is 12.9. The molecule has 15 heteroatoms. The molecule has 35 heavy (non-hydrogen) atoms. The number of nitrogens with zero attached hydrogens (tertiary/aromatic N) is 5. The van der Waals surface area contributed by atoms with E-state index in [1.54, 1.807) is 9.80 Å². The van der Waals surface area contributed by atoms with Crippen LogP contribution in [0.2, 0.25) is 0 Å². The van der Waals surface area contributed by atoms with Crippen LogP contribution < -0.4 is 15.8 Å². The van der Waals surface area contributed by atoms with Crippen molar-refractivity contribution in [2.45, 2.75) is 31.6 Å². The standard InChI is InChI=1S/C20H21F6N7O2/c21-19(22,23)12-9-27-17(28-10-12)33-5-3-32(4-6-33)15(34)8-18(1-2-18)11-29-14-7-13(20(24,25)26)16(35)31-30-14/h7,9-10H,1-6,8,11H2,(H,29,30)(H,31,35). The van der Waals surface area contributed by atoms with E-state index in [9.17, 15) is 35.9 Å². The molecule has 4 rings (SSSR count). The minimum absolute atomic E-state index is 0.123. The van der Waals surface area contributed by atoms with Crippen molar-refractivity contribution in [3.05, 3.63) is 39.9 Å². The van der Waals surface area contributed by atoms with Gasteiger partial charge in [-0.25, -0.2) is 15.1 Å². The van der Waals surface area contributed by atoms with Crippen molar-refractivity contribution in [1.29, 1.82) is 0 Å². The summed E-state index contributed by atoms with van der Waals surface area (Å²) < 4.78 is 76.7. The lowest BCUT2D eigenvalue weighted by Gasteiger charge is -2.35. The number of aromatic amines is 1. The number of halogens is 6. The Morgan fingerprint density at radius 3 is 2.20 bits per heavy atom. The Hall–Kier alpha value is -3.39. The molecule has 0 spiro atoms. The summed E-state index contributed by atoms with van der Waals surface area (Å²) in [4.78, 5) is 35.0. The van der Waals surface area contributed by atoms with Crippen molar-refractivity contribution in [1.82, 2.24) is 25.1 Å².